The first-order valence-corrected chi connectivity index (χ1v) is 27.0. The van der Waals surface area contributed by atoms with Crippen LogP contribution in [0.1, 0.15) is 94.0 Å². The van der Waals surface area contributed by atoms with Crippen molar-refractivity contribution in [2.45, 2.75) is 121 Å². The Kier molecular flexibility index (Phi) is 15.8. The summed E-state index contributed by atoms with van der Waals surface area (Å²) in [5.74, 6) is 6.72. The molecule has 0 radical (unpaired) electrons. The van der Waals surface area contributed by atoms with E-state index in [4.69, 9.17) is 9.47 Å². The van der Waals surface area contributed by atoms with Crippen LogP contribution >= 0.6 is 0 Å². The van der Waals surface area contributed by atoms with E-state index in [0.717, 1.165) is 32.5 Å². The summed E-state index contributed by atoms with van der Waals surface area (Å²) in [6.45, 7) is 6.72. The fraction of sp³-hybridized carbons (Fsp3) is 0.579. The zero-order chi connectivity index (χ0) is 54.3. The van der Waals surface area contributed by atoms with Gasteiger partial charge in [0.2, 0.25) is 11.5 Å². The number of fused-ring (bicyclic) bond motifs is 1. The van der Waals surface area contributed by atoms with Crippen LogP contribution in [0.25, 0.3) is 5.57 Å². The molecule has 10 rings (SSSR count). The molecule has 5 unspecified atom stereocenters. The quantitative estimate of drug-likeness (QED) is 0.0791. The maximum absolute atomic E-state index is 16.6. The van der Waals surface area contributed by atoms with Crippen molar-refractivity contribution in [2.75, 3.05) is 66.6 Å². The van der Waals surface area contributed by atoms with Crippen LogP contribution in [-0.2, 0) is 9.53 Å². The number of hydrogen-bond acceptors (Lipinski definition) is 14. The molecule has 16 nitrogen and oxygen atoms in total. The Balaban J connectivity index is 0.729. The number of hydrogen-bond donors (Lipinski definition) is 6. The Bertz CT molecular complexity index is 2940. The van der Waals surface area contributed by atoms with Gasteiger partial charge in [-0.3, -0.25) is 14.6 Å². The van der Waals surface area contributed by atoms with E-state index in [0.29, 0.717) is 86.5 Å². The molecule has 0 spiro atoms. The Morgan fingerprint density at radius 3 is 2.48 bits per heavy atom. The molecule has 5 aliphatic heterocycles. The Morgan fingerprint density at radius 1 is 1.04 bits per heavy atom. The van der Waals surface area contributed by atoms with Gasteiger partial charge in [-0.25, -0.2) is 27.9 Å². The predicted molar refractivity (Wildman–Crippen MR) is 277 cm³/mol. The van der Waals surface area contributed by atoms with Gasteiger partial charge in [0.05, 0.1) is 12.2 Å². The third-order valence-corrected chi connectivity index (χ3v) is 17.1. The molecule has 0 bridgehead atoms. The Labute approximate surface area is 446 Å². The van der Waals surface area contributed by atoms with Gasteiger partial charge in [0, 0.05) is 112 Å². The number of aromatic nitrogens is 1. The van der Waals surface area contributed by atoms with Gasteiger partial charge in [-0.15, -0.1) is 0 Å². The number of nitrogens with zero attached hydrogens (tertiary/aromatic N) is 6. The smallest absolute Gasteiger partial charge is 0.253 e. The molecule has 9 aliphatic rings. The van der Waals surface area contributed by atoms with E-state index in [1.165, 1.54) is 35.3 Å². The number of likely N-dealkylation sites (tertiary alicyclic amines) is 2. The molecule has 4 fully saturated rings. The summed E-state index contributed by atoms with van der Waals surface area (Å²) >= 11 is 0. The first-order valence-electron chi connectivity index (χ1n) is 27.0. The molecule has 7 atom stereocenters. The van der Waals surface area contributed by atoms with Crippen LogP contribution in [0.5, 0.6) is 5.88 Å². The van der Waals surface area contributed by atoms with E-state index in [1.54, 1.807) is 14.0 Å². The zero-order valence-corrected chi connectivity index (χ0v) is 43.9. The van der Waals surface area contributed by atoms with Crippen LogP contribution in [0.2, 0.25) is 0 Å². The lowest BCUT2D eigenvalue weighted by Gasteiger charge is -2.41. The van der Waals surface area contributed by atoms with Crippen LogP contribution < -0.4 is 20.7 Å². The number of carbonyl (C=O) groups is 2. The topological polar surface area (TPSA) is 188 Å². The van der Waals surface area contributed by atoms with Crippen molar-refractivity contribution in [2.24, 2.45) is 28.8 Å². The number of amides is 2. The van der Waals surface area contributed by atoms with Crippen molar-refractivity contribution in [1.29, 1.82) is 0 Å². The minimum atomic E-state index is -1.59. The molecule has 20 heteroatoms. The number of halogens is 4. The maximum atomic E-state index is 16.6. The highest BCUT2D eigenvalue weighted by Gasteiger charge is 2.54. The molecule has 1 saturated carbocycles. The molecule has 410 valence electrons. The van der Waals surface area contributed by atoms with Gasteiger partial charge in [0.15, 0.2) is 24.2 Å². The molecular weight excluding hydrogens is 999 g/mol. The second-order valence-electron chi connectivity index (χ2n) is 21.6. The summed E-state index contributed by atoms with van der Waals surface area (Å²) < 4.78 is 77.1. The fourth-order valence-corrected chi connectivity index (χ4v) is 12.8. The molecule has 1 aromatic heterocycles. The SMILES string of the molecule is CNC(=O)c1cnc(OCCO)c(F)c1C1=C(C)C(F)CC2=C1[C@H](C)[C@@](C#CNC1CCC(C(=O)N3CCC(CN4CCC(C5=C(F)C=C6C(N7CCC(O)NC7O)=NN(C)C6C5F)CC4)CC3)CC1)(C1=C=C=CC#C1)O2. The third kappa shape index (κ3) is 10.3. The zero-order valence-electron chi connectivity index (χ0n) is 43.9. The number of aliphatic hydroxyl groups excluding tert-OH is 3. The highest BCUT2D eigenvalue weighted by Crippen LogP contribution is 2.55. The molecule has 6 heterocycles. The number of amidine groups is 1. The van der Waals surface area contributed by atoms with E-state index >= 15 is 17.6 Å². The van der Waals surface area contributed by atoms with Crippen molar-refractivity contribution in [3.05, 3.63) is 86.2 Å². The van der Waals surface area contributed by atoms with E-state index in [9.17, 15) is 24.9 Å². The maximum Gasteiger partial charge on any atom is 0.253 e. The average Bonchev–Trinajstić information content (AvgIpc) is 4.10. The van der Waals surface area contributed by atoms with Crippen molar-refractivity contribution < 1.29 is 51.9 Å². The molecule has 1 aromatic rings. The van der Waals surface area contributed by atoms with Crippen molar-refractivity contribution >= 4 is 23.2 Å². The molecule has 3 saturated heterocycles. The summed E-state index contributed by atoms with van der Waals surface area (Å²) in [6, 6.07) is 2.33. The number of allylic oxidation sites excluding steroid dienone is 6. The van der Waals surface area contributed by atoms with Crippen molar-refractivity contribution in [1.82, 2.24) is 40.6 Å². The van der Waals surface area contributed by atoms with E-state index in [1.807, 2.05) is 11.8 Å². The van der Waals surface area contributed by atoms with Crippen molar-refractivity contribution in [3.8, 4) is 29.7 Å². The van der Waals surface area contributed by atoms with Crippen LogP contribution in [0, 0.1) is 53.3 Å². The van der Waals surface area contributed by atoms with Crippen LogP contribution in [0.3, 0.4) is 0 Å². The first kappa shape index (κ1) is 54.0. The number of ether oxygens (including phenoxy) is 2. The number of aliphatic hydroxyl groups is 3. The van der Waals surface area contributed by atoms with E-state index < -0.39 is 72.5 Å². The molecular formula is C57H67F4N9O7. The van der Waals surface area contributed by atoms with Crippen molar-refractivity contribution in [3.63, 3.8) is 0 Å². The normalized spacial score (nSPS) is 30.6. The van der Waals surface area contributed by atoms with Gasteiger partial charge < -0.3 is 50.1 Å². The minimum Gasteiger partial charge on any atom is -0.473 e. The number of alkyl halides is 2. The lowest BCUT2D eigenvalue weighted by Crippen LogP contribution is -2.58. The predicted octanol–water partition coefficient (Wildman–Crippen LogP) is 4.46. The molecule has 2 amide bonds. The summed E-state index contributed by atoms with van der Waals surface area (Å²) in [6.07, 6.45) is 4.80. The summed E-state index contributed by atoms with van der Waals surface area (Å²) in [5.41, 5.74) is 5.88. The largest absolute Gasteiger partial charge is 0.473 e. The third-order valence-electron chi connectivity index (χ3n) is 17.1. The van der Waals surface area contributed by atoms with Gasteiger partial charge in [0.1, 0.15) is 42.2 Å². The Morgan fingerprint density at radius 2 is 1.79 bits per heavy atom. The lowest BCUT2D eigenvalue weighted by molar-refractivity contribution is -0.138. The fourth-order valence-electron chi connectivity index (χ4n) is 12.8. The molecule has 77 heavy (non-hydrogen) atoms. The number of pyridine rings is 1. The second-order valence-corrected chi connectivity index (χ2v) is 21.6. The second kappa shape index (κ2) is 22.6. The van der Waals surface area contributed by atoms with E-state index in [2.05, 4.69) is 66.2 Å². The summed E-state index contributed by atoms with van der Waals surface area (Å²) in [7, 11) is 3.06. The standard InChI is InChI=1S/C57H67F4N9O7/c1-32-41(58)29-43-46(45(32)48-40(53(73)62-3)30-64-54(50(48)61)76-27-26-71)33(2)57(77-43,37-8-6-5-7-9-37)19-20-63-38-12-10-36(11-13-38)55(74)69-23-14-34(15-24-69)31-68-21-16-35(17-22-68)47-42(59)28-39-51(49(47)60)67(4)66-52(39)70-25-18-44(72)65-56(70)75/h5,28,30,33-36,38,41,44,49,51,56,63,65,71-72,75H,10-18,21-27,29,31H2,1-4H3,(H,62,73)/t33-,36?,38?,41?,44?,49?,51?,56?,57-/m0/s1. The van der Waals surface area contributed by atoms with Crippen LogP contribution in [-0.4, -0.2) is 167 Å². The van der Waals surface area contributed by atoms with Gasteiger partial charge in [-0.1, -0.05) is 30.2 Å². The number of rotatable bonds is 11. The number of nitrogens with one attached hydrogen (secondary N) is 3. The van der Waals surface area contributed by atoms with E-state index in [-0.39, 0.29) is 77.0 Å². The van der Waals surface area contributed by atoms with Crippen LogP contribution in [0.15, 0.2) is 74.4 Å². The molecule has 4 aliphatic carbocycles. The number of piperidine rings is 2. The summed E-state index contributed by atoms with van der Waals surface area (Å²) in [5, 5.41) is 44.4. The Hall–Kier alpha value is -6.34. The van der Waals surface area contributed by atoms with Gasteiger partial charge in [0.25, 0.3) is 11.8 Å². The lowest BCUT2D eigenvalue weighted by atomic mass is 9.73. The number of carbonyl (C=O) groups excluding carboxylic acids is 2. The molecule has 6 N–H and O–H groups in total. The van der Waals surface area contributed by atoms with Gasteiger partial charge >= 0.3 is 0 Å². The number of likely N-dealkylation sites (N-methyl/N-ethyl adjacent to an activating group) is 1. The van der Waals surface area contributed by atoms with Gasteiger partial charge in [-0.05, 0) is 106 Å². The highest BCUT2D eigenvalue weighted by molar-refractivity contribution is 6.03. The monoisotopic (exact) mass is 1070 g/mol. The number of hydrazone groups is 1. The first-order chi connectivity index (χ1) is 37.1. The van der Waals surface area contributed by atoms with Gasteiger partial charge in [-0.2, -0.15) is 5.10 Å². The minimum absolute atomic E-state index is 0.0266. The summed E-state index contributed by atoms with van der Waals surface area (Å²) in [4.78, 5) is 37.1. The molecule has 0 aromatic carbocycles. The highest BCUT2D eigenvalue weighted by atomic mass is 19.1. The van der Waals surface area contributed by atoms with Crippen LogP contribution in [0.4, 0.5) is 17.6 Å². The average molecular weight is 1070 g/mol.